The van der Waals surface area contributed by atoms with Gasteiger partial charge in [0.15, 0.2) is 0 Å². The number of hydrogen-bond donors (Lipinski definition) is 1. The highest BCUT2D eigenvalue weighted by Crippen LogP contribution is 2.19. The lowest BCUT2D eigenvalue weighted by Gasteiger charge is -2.26. The highest BCUT2D eigenvalue weighted by atomic mass is 32.2. The van der Waals surface area contributed by atoms with Gasteiger partial charge in [0, 0.05) is 13.1 Å². The number of nitrogens with one attached hydrogen (secondary N) is 1. The normalized spacial score (nSPS) is 15.6. The molecular weight excluding hydrogens is 340 g/mol. The van der Waals surface area contributed by atoms with E-state index in [2.05, 4.69) is 14.2 Å². The molecule has 132 valence electrons. The van der Waals surface area contributed by atoms with Crippen molar-refractivity contribution in [3.05, 3.63) is 29.3 Å². The van der Waals surface area contributed by atoms with E-state index in [4.69, 9.17) is 4.74 Å². The van der Waals surface area contributed by atoms with E-state index in [1.54, 1.807) is 0 Å². The lowest BCUT2D eigenvalue weighted by molar-refractivity contribution is 0.0599. The number of methoxy groups -OCH3 is 2. The van der Waals surface area contributed by atoms with Crippen LogP contribution in [0.25, 0.3) is 0 Å². The molecule has 24 heavy (non-hydrogen) atoms. The van der Waals surface area contributed by atoms with Gasteiger partial charge in [-0.1, -0.05) is 0 Å². The third-order valence-corrected chi connectivity index (χ3v) is 4.87. The van der Waals surface area contributed by atoms with Crippen molar-refractivity contribution in [3.8, 4) is 0 Å². The molecule has 1 aliphatic rings. The van der Waals surface area contributed by atoms with Gasteiger partial charge in [-0.05, 0) is 18.2 Å². The lowest BCUT2D eigenvalue weighted by Crippen LogP contribution is -2.43. The van der Waals surface area contributed by atoms with Crippen molar-refractivity contribution >= 4 is 27.8 Å². The first-order chi connectivity index (χ1) is 11.4. The molecule has 1 heterocycles. The van der Waals surface area contributed by atoms with E-state index in [9.17, 15) is 18.0 Å². The summed E-state index contributed by atoms with van der Waals surface area (Å²) in [6.07, 6.45) is 0. The molecule has 0 unspecified atom stereocenters. The monoisotopic (exact) mass is 358 g/mol. The fraction of sp³-hybridized carbons (Fsp3) is 0.429. The summed E-state index contributed by atoms with van der Waals surface area (Å²) in [4.78, 5) is 23.4. The molecule has 1 saturated heterocycles. The molecular formula is C14H18N2O7S. The molecule has 1 N–H and O–H groups in total. The Kier molecular flexibility index (Phi) is 5.75. The number of rotatable bonds is 5. The average Bonchev–Trinajstić information content (AvgIpc) is 2.60. The van der Waals surface area contributed by atoms with Crippen molar-refractivity contribution < 1.29 is 32.2 Å². The Hall–Kier alpha value is -2.17. The van der Waals surface area contributed by atoms with Crippen molar-refractivity contribution in [3.63, 3.8) is 0 Å². The molecule has 0 aromatic heterocycles. The van der Waals surface area contributed by atoms with Crippen LogP contribution in [-0.4, -0.2) is 65.2 Å². The largest absolute Gasteiger partial charge is 0.465 e. The van der Waals surface area contributed by atoms with E-state index < -0.39 is 22.1 Å². The van der Waals surface area contributed by atoms with Crippen LogP contribution in [0, 0.1) is 0 Å². The van der Waals surface area contributed by atoms with Crippen molar-refractivity contribution in [2.75, 3.05) is 45.2 Å². The Morgan fingerprint density at radius 2 is 1.54 bits per heavy atom. The maximum Gasteiger partial charge on any atom is 0.337 e. The molecule has 1 aliphatic heterocycles. The number of benzene rings is 1. The van der Waals surface area contributed by atoms with E-state index in [1.165, 1.54) is 36.7 Å². The number of esters is 2. The first kappa shape index (κ1) is 18.2. The minimum Gasteiger partial charge on any atom is -0.465 e. The third-order valence-electron chi connectivity index (χ3n) is 3.33. The van der Waals surface area contributed by atoms with Crippen LogP contribution >= 0.6 is 0 Å². The van der Waals surface area contributed by atoms with Crippen LogP contribution in [-0.2, 0) is 24.4 Å². The molecule has 0 spiro atoms. The van der Waals surface area contributed by atoms with Crippen LogP contribution in [0.5, 0.6) is 0 Å². The lowest BCUT2D eigenvalue weighted by atomic mass is 10.1. The van der Waals surface area contributed by atoms with Gasteiger partial charge in [-0.15, -0.1) is 0 Å². The van der Waals surface area contributed by atoms with E-state index >= 15 is 0 Å². The number of ether oxygens (including phenoxy) is 3. The minimum atomic E-state index is -3.84. The van der Waals surface area contributed by atoms with Gasteiger partial charge >= 0.3 is 22.1 Å². The Morgan fingerprint density at radius 3 is 2.00 bits per heavy atom. The summed E-state index contributed by atoms with van der Waals surface area (Å²) >= 11 is 0. The summed E-state index contributed by atoms with van der Waals surface area (Å²) in [5.41, 5.74) is 0.116. The van der Waals surface area contributed by atoms with Gasteiger partial charge in [-0.3, -0.25) is 4.72 Å². The molecule has 0 radical (unpaired) electrons. The number of carbonyl (C=O) groups excluding carboxylic acids is 2. The summed E-state index contributed by atoms with van der Waals surface area (Å²) < 4.78 is 42.7. The standard InChI is InChI=1S/C14H18N2O7S/c1-21-13(17)10-7-11(14(18)22-2)9-12(8-10)15-24(19,20)16-3-5-23-6-4-16/h7-9,15H,3-6H2,1-2H3. The molecule has 1 aromatic rings. The summed E-state index contributed by atoms with van der Waals surface area (Å²) in [5.74, 6) is -1.40. The zero-order valence-corrected chi connectivity index (χ0v) is 14.1. The van der Waals surface area contributed by atoms with Gasteiger partial charge in [0.25, 0.3) is 0 Å². The van der Waals surface area contributed by atoms with Crippen LogP contribution in [0.4, 0.5) is 5.69 Å². The van der Waals surface area contributed by atoms with Crippen LogP contribution in [0.3, 0.4) is 0 Å². The molecule has 2 rings (SSSR count). The molecule has 1 aromatic carbocycles. The van der Waals surface area contributed by atoms with Crippen LogP contribution in [0.15, 0.2) is 18.2 Å². The SMILES string of the molecule is COC(=O)c1cc(NS(=O)(=O)N2CCOCC2)cc(C(=O)OC)c1. The second-order valence-corrected chi connectivity index (χ2v) is 6.57. The van der Waals surface area contributed by atoms with Crippen LogP contribution in [0.1, 0.15) is 20.7 Å². The van der Waals surface area contributed by atoms with Crippen LogP contribution in [0.2, 0.25) is 0 Å². The minimum absolute atomic E-state index is 0.0278. The highest BCUT2D eigenvalue weighted by Gasteiger charge is 2.25. The van der Waals surface area contributed by atoms with E-state index in [-0.39, 0.29) is 29.9 Å². The molecule has 0 amide bonds. The molecule has 0 saturated carbocycles. The molecule has 0 atom stereocenters. The van der Waals surface area contributed by atoms with E-state index in [1.807, 2.05) is 0 Å². The molecule has 0 aliphatic carbocycles. The van der Waals surface area contributed by atoms with E-state index in [0.29, 0.717) is 13.2 Å². The summed E-state index contributed by atoms with van der Waals surface area (Å²) in [6, 6.07) is 3.84. The number of anilines is 1. The van der Waals surface area contributed by atoms with Gasteiger partial charge in [-0.25, -0.2) is 9.59 Å². The van der Waals surface area contributed by atoms with E-state index in [0.717, 1.165) is 0 Å². The third kappa shape index (κ3) is 4.22. The molecule has 9 nitrogen and oxygen atoms in total. The quantitative estimate of drug-likeness (QED) is 0.751. The van der Waals surface area contributed by atoms with Crippen molar-refractivity contribution in [2.45, 2.75) is 0 Å². The van der Waals surface area contributed by atoms with Gasteiger partial charge in [-0.2, -0.15) is 12.7 Å². The van der Waals surface area contributed by atoms with Gasteiger partial charge in [0.2, 0.25) is 0 Å². The second kappa shape index (κ2) is 7.60. The maximum atomic E-state index is 12.4. The summed E-state index contributed by atoms with van der Waals surface area (Å²) in [5, 5.41) is 0. The van der Waals surface area contributed by atoms with Crippen molar-refractivity contribution in [1.82, 2.24) is 4.31 Å². The zero-order chi connectivity index (χ0) is 17.7. The highest BCUT2D eigenvalue weighted by molar-refractivity contribution is 7.90. The number of nitrogens with zero attached hydrogens (tertiary/aromatic N) is 1. The Labute approximate surface area is 139 Å². The fourth-order valence-corrected chi connectivity index (χ4v) is 3.33. The predicted molar refractivity (Wildman–Crippen MR) is 84.1 cm³/mol. The topological polar surface area (TPSA) is 111 Å². The number of carbonyl (C=O) groups is 2. The van der Waals surface area contributed by atoms with Crippen LogP contribution < -0.4 is 4.72 Å². The summed E-state index contributed by atoms with van der Waals surface area (Å²) in [6.45, 7) is 1.04. The second-order valence-electron chi connectivity index (χ2n) is 4.90. The van der Waals surface area contributed by atoms with Crippen molar-refractivity contribution in [2.24, 2.45) is 0 Å². The number of hydrogen-bond acceptors (Lipinski definition) is 7. The van der Waals surface area contributed by atoms with Gasteiger partial charge < -0.3 is 14.2 Å². The smallest absolute Gasteiger partial charge is 0.337 e. The summed E-state index contributed by atoms with van der Waals surface area (Å²) in [7, 11) is -1.47. The molecule has 0 bridgehead atoms. The Balaban J connectivity index is 2.34. The molecule has 1 fully saturated rings. The first-order valence-corrected chi connectivity index (χ1v) is 8.48. The first-order valence-electron chi connectivity index (χ1n) is 7.04. The van der Waals surface area contributed by atoms with Gasteiger partial charge in [0.1, 0.15) is 0 Å². The fourth-order valence-electron chi connectivity index (χ4n) is 2.16. The number of morpholine rings is 1. The van der Waals surface area contributed by atoms with Gasteiger partial charge in [0.05, 0.1) is 44.2 Å². The molecule has 10 heteroatoms. The Bertz CT molecular complexity index is 692. The predicted octanol–water partition coefficient (Wildman–Crippen LogP) is 0.249. The van der Waals surface area contributed by atoms with Crippen molar-refractivity contribution in [1.29, 1.82) is 0 Å². The zero-order valence-electron chi connectivity index (χ0n) is 13.3. The maximum absolute atomic E-state index is 12.4. The Morgan fingerprint density at radius 1 is 1.04 bits per heavy atom. The average molecular weight is 358 g/mol.